The fourth-order valence-electron chi connectivity index (χ4n) is 4.71. The number of carbonyl (C=O) groups is 1. The molecule has 0 bridgehead atoms. The Labute approximate surface area is 210 Å². The molecule has 2 aromatic heterocycles. The van der Waals surface area contributed by atoms with E-state index in [0.717, 1.165) is 38.0 Å². The molecule has 36 heavy (non-hydrogen) atoms. The maximum absolute atomic E-state index is 11.2. The minimum Gasteiger partial charge on any atom is -0.361 e. The van der Waals surface area contributed by atoms with Crippen LogP contribution in [0.1, 0.15) is 22.3 Å². The molecule has 182 valence electrons. The lowest BCUT2D eigenvalue weighted by Gasteiger charge is -2.22. The quantitative estimate of drug-likeness (QED) is 0.122. The number of para-hydroxylation sites is 2. The van der Waals surface area contributed by atoms with E-state index in [1.54, 1.807) is 11.6 Å². The summed E-state index contributed by atoms with van der Waals surface area (Å²) in [5.41, 5.74) is 8.77. The third-order valence-electron chi connectivity index (χ3n) is 6.67. The van der Waals surface area contributed by atoms with Gasteiger partial charge in [0, 0.05) is 59.9 Å². The number of hydrogen-bond donors (Lipinski definition) is 4. The van der Waals surface area contributed by atoms with Gasteiger partial charge in [0.15, 0.2) is 0 Å². The zero-order valence-electron chi connectivity index (χ0n) is 20.1. The number of amides is 1. The van der Waals surface area contributed by atoms with Crippen LogP contribution in [0.5, 0.6) is 0 Å². The van der Waals surface area contributed by atoms with Crippen molar-refractivity contribution < 1.29 is 10.0 Å². The maximum Gasteiger partial charge on any atom is 0.267 e. The summed E-state index contributed by atoms with van der Waals surface area (Å²) in [6.07, 6.45) is 9.19. The molecule has 5 aromatic rings. The van der Waals surface area contributed by atoms with E-state index in [2.05, 4.69) is 87.9 Å². The van der Waals surface area contributed by atoms with Crippen molar-refractivity contribution in [1.82, 2.24) is 20.3 Å². The molecule has 0 aliphatic rings. The second-order valence-corrected chi connectivity index (χ2v) is 9.05. The first-order valence-electron chi connectivity index (χ1n) is 12.2. The zero-order valence-corrected chi connectivity index (χ0v) is 20.1. The van der Waals surface area contributed by atoms with Crippen LogP contribution in [0.3, 0.4) is 0 Å². The molecule has 0 aliphatic carbocycles. The number of aromatic amines is 2. The van der Waals surface area contributed by atoms with E-state index in [1.165, 1.54) is 44.6 Å². The summed E-state index contributed by atoms with van der Waals surface area (Å²) in [6.45, 7) is 2.73. The van der Waals surface area contributed by atoms with Crippen LogP contribution in [0.4, 0.5) is 0 Å². The third kappa shape index (κ3) is 5.57. The number of carbonyl (C=O) groups excluding carboxylic acids is 1. The molecule has 6 nitrogen and oxygen atoms in total. The van der Waals surface area contributed by atoms with Crippen LogP contribution in [0, 0.1) is 0 Å². The van der Waals surface area contributed by atoms with Gasteiger partial charge < -0.3 is 9.97 Å². The zero-order chi connectivity index (χ0) is 24.7. The number of benzene rings is 3. The van der Waals surface area contributed by atoms with Crippen molar-refractivity contribution in [3.8, 4) is 0 Å². The van der Waals surface area contributed by atoms with Crippen molar-refractivity contribution in [3.05, 3.63) is 114 Å². The number of fused-ring (bicyclic) bond motifs is 2. The SMILES string of the molecule is O=C(C=Cc1ccc(CN(CCc2c[nH]c3ccccc23)CCc2c[nH]c3ccccc23)cc1)NO. The van der Waals surface area contributed by atoms with Gasteiger partial charge in [0.2, 0.25) is 0 Å². The van der Waals surface area contributed by atoms with Gasteiger partial charge in [0.05, 0.1) is 0 Å². The number of hydroxylamine groups is 1. The van der Waals surface area contributed by atoms with Gasteiger partial charge in [-0.3, -0.25) is 14.9 Å². The van der Waals surface area contributed by atoms with Gasteiger partial charge in [-0.25, -0.2) is 5.48 Å². The molecule has 1 amide bonds. The van der Waals surface area contributed by atoms with Crippen molar-refractivity contribution in [1.29, 1.82) is 0 Å². The largest absolute Gasteiger partial charge is 0.361 e. The van der Waals surface area contributed by atoms with E-state index in [9.17, 15) is 4.79 Å². The van der Waals surface area contributed by atoms with E-state index in [-0.39, 0.29) is 0 Å². The van der Waals surface area contributed by atoms with Crippen LogP contribution in [0.25, 0.3) is 27.9 Å². The summed E-state index contributed by atoms with van der Waals surface area (Å²) in [6, 6.07) is 25.1. The Morgan fingerprint density at radius 3 is 1.92 bits per heavy atom. The van der Waals surface area contributed by atoms with Crippen LogP contribution >= 0.6 is 0 Å². The summed E-state index contributed by atoms with van der Waals surface area (Å²) in [7, 11) is 0. The monoisotopic (exact) mass is 478 g/mol. The number of rotatable bonds is 10. The Bertz CT molecular complexity index is 1400. The van der Waals surface area contributed by atoms with Crippen molar-refractivity contribution in [2.45, 2.75) is 19.4 Å². The molecule has 0 saturated heterocycles. The molecule has 0 radical (unpaired) electrons. The highest BCUT2D eigenvalue weighted by Gasteiger charge is 2.11. The van der Waals surface area contributed by atoms with Crippen molar-refractivity contribution >= 4 is 33.8 Å². The highest BCUT2D eigenvalue weighted by Crippen LogP contribution is 2.21. The second kappa shape index (κ2) is 11.1. The van der Waals surface area contributed by atoms with Crippen LogP contribution in [-0.2, 0) is 24.2 Å². The van der Waals surface area contributed by atoms with Crippen molar-refractivity contribution in [2.24, 2.45) is 0 Å². The Balaban J connectivity index is 1.30. The molecule has 5 rings (SSSR count). The molecular formula is C30H30N4O2. The van der Waals surface area contributed by atoms with E-state index in [4.69, 9.17) is 5.21 Å². The highest BCUT2D eigenvalue weighted by molar-refractivity contribution is 5.90. The number of H-pyrrole nitrogens is 2. The standard InChI is InChI=1S/C30H30N4O2/c35-30(33-36)14-13-22-9-11-23(12-10-22)21-34(17-15-24-19-31-28-7-3-1-5-26(24)28)18-16-25-20-32-29-8-4-2-6-27(25)29/h1-14,19-20,31-32,36H,15-18,21H2,(H,33,35). The number of aromatic nitrogens is 2. The summed E-state index contributed by atoms with van der Waals surface area (Å²) in [5, 5.41) is 11.2. The van der Waals surface area contributed by atoms with E-state index < -0.39 is 5.91 Å². The maximum atomic E-state index is 11.2. The summed E-state index contributed by atoms with van der Waals surface area (Å²) in [5.74, 6) is -0.542. The lowest BCUT2D eigenvalue weighted by Crippen LogP contribution is -2.28. The second-order valence-electron chi connectivity index (χ2n) is 9.05. The Hall–Kier alpha value is -4.13. The molecule has 2 heterocycles. The lowest BCUT2D eigenvalue weighted by atomic mass is 10.1. The van der Waals surface area contributed by atoms with Gasteiger partial charge in [-0.2, -0.15) is 0 Å². The molecule has 0 unspecified atom stereocenters. The summed E-state index contributed by atoms with van der Waals surface area (Å²) < 4.78 is 0. The average Bonchev–Trinajstić information content (AvgIpc) is 3.53. The van der Waals surface area contributed by atoms with Crippen LogP contribution in [-0.4, -0.2) is 39.1 Å². The summed E-state index contributed by atoms with van der Waals surface area (Å²) in [4.78, 5) is 20.5. The Morgan fingerprint density at radius 2 is 1.36 bits per heavy atom. The highest BCUT2D eigenvalue weighted by atomic mass is 16.5. The van der Waals surface area contributed by atoms with Crippen molar-refractivity contribution in [3.63, 3.8) is 0 Å². The molecule has 6 heteroatoms. The van der Waals surface area contributed by atoms with Crippen molar-refractivity contribution in [2.75, 3.05) is 13.1 Å². The van der Waals surface area contributed by atoms with Gasteiger partial charge >= 0.3 is 0 Å². The molecule has 0 aliphatic heterocycles. The normalized spacial score (nSPS) is 11.7. The smallest absolute Gasteiger partial charge is 0.267 e. The van der Waals surface area contributed by atoms with Crippen LogP contribution < -0.4 is 5.48 Å². The predicted molar refractivity (Wildman–Crippen MR) is 145 cm³/mol. The molecule has 4 N–H and O–H groups in total. The van der Waals surface area contributed by atoms with Gasteiger partial charge in [-0.05, 0) is 53.3 Å². The van der Waals surface area contributed by atoms with E-state index in [1.807, 2.05) is 12.1 Å². The lowest BCUT2D eigenvalue weighted by molar-refractivity contribution is -0.124. The molecule has 0 atom stereocenters. The minimum atomic E-state index is -0.542. The number of hydrogen-bond acceptors (Lipinski definition) is 3. The minimum absolute atomic E-state index is 0.542. The fraction of sp³-hybridized carbons (Fsp3) is 0.167. The first kappa shape index (κ1) is 23.6. The van der Waals surface area contributed by atoms with Gasteiger partial charge in [0.1, 0.15) is 0 Å². The van der Waals surface area contributed by atoms with E-state index >= 15 is 0 Å². The van der Waals surface area contributed by atoms with Gasteiger partial charge in [-0.1, -0.05) is 60.7 Å². The first-order valence-corrected chi connectivity index (χ1v) is 12.2. The topological polar surface area (TPSA) is 84.2 Å². The predicted octanol–water partition coefficient (Wildman–Crippen LogP) is 5.46. The van der Waals surface area contributed by atoms with Crippen LogP contribution in [0.2, 0.25) is 0 Å². The number of nitrogens with one attached hydrogen (secondary N) is 3. The van der Waals surface area contributed by atoms with Crippen LogP contribution in [0.15, 0.2) is 91.3 Å². The molecule has 0 saturated carbocycles. The fourth-order valence-corrected chi connectivity index (χ4v) is 4.71. The molecule has 0 fully saturated rings. The third-order valence-corrected chi connectivity index (χ3v) is 6.67. The molecule has 0 spiro atoms. The first-order chi connectivity index (χ1) is 17.7. The molecular weight excluding hydrogens is 448 g/mol. The summed E-state index contributed by atoms with van der Waals surface area (Å²) >= 11 is 0. The molecule has 3 aromatic carbocycles. The van der Waals surface area contributed by atoms with E-state index in [0.29, 0.717) is 0 Å². The Morgan fingerprint density at radius 1 is 0.806 bits per heavy atom. The van der Waals surface area contributed by atoms with Gasteiger partial charge in [0.25, 0.3) is 5.91 Å². The van der Waals surface area contributed by atoms with Gasteiger partial charge in [-0.15, -0.1) is 0 Å². The number of nitrogens with zero attached hydrogens (tertiary/aromatic N) is 1. The Kier molecular flexibility index (Phi) is 7.26. The average molecular weight is 479 g/mol.